The van der Waals surface area contributed by atoms with Crippen LogP contribution in [-0.4, -0.2) is 106 Å². The normalized spacial score (nSPS) is 12.2. The van der Waals surface area contributed by atoms with Crippen molar-refractivity contribution in [1.29, 1.82) is 0 Å². The molecule has 0 amide bonds. The number of aliphatic carboxylic acids is 8. The molecule has 38 heavy (non-hydrogen) atoms. The van der Waals surface area contributed by atoms with Crippen LogP contribution < -0.4 is 62.1 Å². The molecule has 21 nitrogen and oxygen atoms in total. The van der Waals surface area contributed by atoms with Crippen LogP contribution in [0.5, 0.6) is 0 Å². The molecule has 0 atom stereocenters. The summed E-state index contributed by atoms with van der Waals surface area (Å²) < 4.78 is 0. The summed E-state index contributed by atoms with van der Waals surface area (Å²) in [6.07, 6.45) is 0. The summed E-state index contributed by atoms with van der Waals surface area (Å²) in [4.78, 5) is 71.4. The first kappa shape index (κ1) is 47.6. The Morgan fingerprint density at radius 1 is 0.316 bits per heavy atom. The van der Waals surface area contributed by atoms with E-state index >= 15 is 0 Å². The number of piperazine rings is 2. The molecular formula is C16H26N4O17Zr. The van der Waals surface area contributed by atoms with Crippen molar-refractivity contribution in [2.24, 2.45) is 0 Å². The second-order valence-corrected chi connectivity index (χ2v) is 5.76. The Kier molecular flexibility index (Phi) is 41.9. The molecule has 0 aromatic carbocycles. The quantitative estimate of drug-likeness (QED) is 0.179. The van der Waals surface area contributed by atoms with Crippen LogP contribution in [0.1, 0.15) is 0 Å². The number of hydrogen-bond acceptors (Lipinski definition) is 16. The molecule has 0 unspecified atom stereocenters. The number of carbonyl (C=O) groups excluding carboxylic acids is 8. The molecule has 0 aromatic heterocycles. The first-order valence-corrected chi connectivity index (χ1v) is 9.53. The molecule has 2 heterocycles. The first-order valence-electron chi connectivity index (χ1n) is 9.53. The summed E-state index contributed by atoms with van der Waals surface area (Å²) in [5.74, 6) is -17.5. The van der Waals surface area contributed by atoms with Crippen LogP contribution in [-0.2, 0) is 64.6 Å². The predicted octanol–water partition coefficient (Wildman–Crippen LogP) is -20.6. The van der Waals surface area contributed by atoms with Gasteiger partial charge in [0, 0.05) is 0 Å². The van der Waals surface area contributed by atoms with Crippen molar-refractivity contribution in [1.82, 2.24) is 0 Å². The molecule has 0 spiro atoms. The van der Waals surface area contributed by atoms with Crippen LogP contribution in [0.15, 0.2) is 0 Å². The number of quaternary nitrogens is 4. The first-order chi connectivity index (χ1) is 16.6. The zero-order valence-electron chi connectivity index (χ0n) is 19.5. The second-order valence-electron chi connectivity index (χ2n) is 5.76. The fourth-order valence-electron chi connectivity index (χ4n) is 1.52. The van der Waals surface area contributed by atoms with E-state index in [0.29, 0.717) is 0 Å². The predicted molar refractivity (Wildman–Crippen MR) is 90.3 cm³/mol. The number of carbonyl (C=O) groups is 8. The van der Waals surface area contributed by atoms with E-state index < -0.39 is 47.8 Å². The number of rotatable bonds is 0. The molecule has 216 valence electrons. The Bertz CT molecular complexity index is 548. The maximum Gasteiger partial charge on any atom is 4.00 e. The Morgan fingerprint density at radius 3 is 0.421 bits per heavy atom. The molecule has 0 aromatic rings. The fraction of sp³-hybridized carbons (Fsp3) is 0.500. The Morgan fingerprint density at radius 2 is 0.395 bits per heavy atom. The molecule has 0 bridgehead atoms. The number of hydrogen-bond donors (Lipinski definition) is 4. The van der Waals surface area contributed by atoms with Gasteiger partial charge in [-0.05, 0) is 0 Å². The SMILES string of the molecule is C1C[NH2+]CC[NH2+]1.C1C[NH2+]CC[NH2+]1.O.O=C([O-])C(=O)[O-].O=C([O-])C(=O)[O-].O=C([O-])C(=O)[O-].O=C([O-])C(=O)[O-].[Zr+4]. The fourth-order valence-corrected chi connectivity index (χ4v) is 1.52. The van der Waals surface area contributed by atoms with Gasteiger partial charge in [0.15, 0.2) is 0 Å². The summed E-state index contributed by atoms with van der Waals surface area (Å²) in [6, 6.07) is 0. The molecule has 2 fully saturated rings. The van der Waals surface area contributed by atoms with E-state index in [-0.39, 0.29) is 31.7 Å². The Hall–Kier alpha value is -3.56. The smallest absolute Gasteiger partial charge is 0.543 e. The van der Waals surface area contributed by atoms with Gasteiger partial charge < -0.3 is 106 Å². The molecule has 0 saturated carbocycles. The van der Waals surface area contributed by atoms with Gasteiger partial charge in [-0.25, -0.2) is 0 Å². The van der Waals surface area contributed by atoms with Gasteiger partial charge in [-0.2, -0.15) is 0 Å². The second kappa shape index (κ2) is 33.4. The largest absolute Gasteiger partial charge is 4.00 e. The zero-order valence-corrected chi connectivity index (χ0v) is 22.0. The third kappa shape index (κ3) is 53.7. The van der Waals surface area contributed by atoms with Crippen molar-refractivity contribution in [3.8, 4) is 0 Å². The third-order valence-corrected chi connectivity index (χ3v) is 2.97. The van der Waals surface area contributed by atoms with Gasteiger partial charge in [-0.1, -0.05) is 0 Å². The van der Waals surface area contributed by atoms with Gasteiger partial charge in [0.2, 0.25) is 0 Å². The van der Waals surface area contributed by atoms with E-state index in [1.165, 1.54) is 52.4 Å². The molecule has 0 aliphatic carbocycles. The van der Waals surface area contributed by atoms with E-state index in [9.17, 15) is 0 Å². The van der Waals surface area contributed by atoms with E-state index in [2.05, 4.69) is 21.3 Å². The third-order valence-electron chi connectivity index (χ3n) is 2.97. The van der Waals surface area contributed by atoms with Crippen LogP contribution in [0, 0.1) is 0 Å². The van der Waals surface area contributed by atoms with Crippen molar-refractivity contribution in [3.63, 3.8) is 0 Å². The molecule has 2 rings (SSSR count). The summed E-state index contributed by atoms with van der Waals surface area (Å²) >= 11 is 0. The summed E-state index contributed by atoms with van der Waals surface area (Å²) in [7, 11) is 0. The van der Waals surface area contributed by atoms with Crippen LogP contribution in [0.25, 0.3) is 0 Å². The zero-order chi connectivity index (χ0) is 29.1. The van der Waals surface area contributed by atoms with Crippen LogP contribution in [0.4, 0.5) is 0 Å². The van der Waals surface area contributed by atoms with Crippen molar-refractivity contribution in [2.45, 2.75) is 0 Å². The Labute approximate surface area is 232 Å². The van der Waals surface area contributed by atoms with E-state index in [0.717, 1.165) is 0 Å². The average molecular weight is 638 g/mol. The maximum atomic E-state index is 8.93. The molecular weight excluding hydrogens is 611 g/mol. The summed E-state index contributed by atoms with van der Waals surface area (Å²) in [6.45, 7) is 10.6. The average Bonchev–Trinajstić information content (AvgIpc) is 2.83. The van der Waals surface area contributed by atoms with Gasteiger partial charge in [-0.15, -0.1) is 0 Å². The number of carboxylic acids is 8. The van der Waals surface area contributed by atoms with Crippen molar-refractivity contribution < 1.29 is 132 Å². The van der Waals surface area contributed by atoms with Crippen molar-refractivity contribution in [2.75, 3.05) is 52.4 Å². The van der Waals surface area contributed by atoms with Crippen molar-refractivity contribution >= 4 is 47.8 Å². The van der Waals surface area contributed by atoms with Gasteiger partial charge in [0.25, 0.3) is 0 Å². The number of carboxylic acid groups (broad SMARTS) is 8. The molecule has 10 N–H and O–H groups in total. The van der Waals surface area contributed by atoms with Crippen LogP contribution in [0.3, 0.4) is 0 Å². The Balaban J connectivity index is -0.0000000800. The van der Waals surface area contributed by atoms with Gasteiger partial charge in [-0.3, -0.25) is 0 Å². The molecule has 2 saturated heterocycles. The minimum absolute atomic E-state index is 0. The van der Waals surface area contributed by atoms with E-state index in [4.69, 9.17) is 79.2 Å². The molecule has 0 radical (unpaired) electrons. The maximum absolute atomic E-state index is 8.93. The standard InChI is InChI=1S/2C4H10N2.4C2H2O4.H2O.Zr/c2*1-2-6-4-3-5-1;4*3-1(4)2(5)6;;/h2*5-6H,1-4H2;4*(H,3,4)(H,5,6);1H2;/q;;;;;;;+4/p-4. The molecule has 22 heteroatoms. The topological polar surface area (TPSA) is 419 Å². The monoisotopic (exact) mass is 636 g/mol. The summed E-state index contributed by atoms with van der Waals surface area (Å²) in [5, 5.41) is 80.9. The van der Waals surface area contributed by atoms with E-state index in [1.807, 2.05) is 0 Å². The van der Waals surface area contributed by atoms with Gasteiger partial charge >= 0.3 is 26.2 Å². The van der Waals surface area contributed by atoms with Gasteiger partial charge in [0.05, 0.1) is 47.8 Å². The molecule has 2 aliphatic rings. The van der Waals surface area contributed by atoms with Crippen LogP contribution in [0.2, 0.25) is 0 Å². The number of nitrogens with two attached hydrogens (primary N) is 4. The summed E-state index contributed by atoms with van der Waals surface area (Å²) in [5.41, 5.74) is 0. The van der Waals surface area contributed by atoms with Crippen molar-refractivity contribution in [3.05, 3.63) is 0 Å². The van der Waals surface area contributed by atoms with E-state index in [1.54, 1.807) is 0 Å². The van der Waals surface area contributed by atoms with Crippen LogP contribution >= 0.6 is 0 Å². The molecule has 2 aliphatic heterocycles. The van der Waals surface area contributed by atoms with Gasteiger partial charge in [0.1, 0.15) is 52.4 Å². The minimum atomic E-state index is -2.19. The minimum Gasteiger partial charge on any atom is -0.543 e.